The van der Waals surface area contributed by atoms with Crippen molar-refractivity contribution in [1.29, 1.82) is 0 Å². The van der Waals surface area contributed by atoms with Gasteiger partial charge in [-0.1, -0.05) is 75.7 Å². The van der Waals surface area contributed by atoms with Gasteiger partial charge in [0, 0.05) is 33.2 Å². The molecular weight excluding hydrogens is 892 g/mol. The first-order valence-electron chi connectivity index (χ1n) is 22.2. The largest absolute Gasteiger partial charge is 0.506 e. The molecule has 2 aliphatic heterocycles. The molecule has 2 aromatic carbocycles. The summed E-state index contributed by atoms with van der Waals surface area (Å²) in [6.07, 6.45) is -4.10. The summed E-state index contributed by atoms with van der Waals surface area (Å²) in [4.78, 5) is 127. The smallest absolute Gasteiger partial charge is 0.329 e. The minimum atomic E-state index is -1.76. The Morgan fingerprint density at radius 1 is 0.881 bits per heavy atom. The molecule has 0 saturated carbocycles. The number of piperidine rings is 1. The van der Waals surface area contributed by atoms with Crippen molar-refractivity contribution in [3.8, 4) is 5.75 Å². The van der Waals surface area contributed by atoms with E-state index in [0.29, 0.717) is 11.1 Å². The maximum atomic E-state index is 15.0. The predicted octanol–water partition coefficient (Wildman–Crippen LogP) is 0.324. The molecule has 0 aliphatic carbocycles. The lowest BCUT2D eigenvalue weighted by Gasteiger charge is -2.43. The third kappa shape index (κ3) is 14.6. The minimum Gasteiger partial charge on any atom is -0.506 e. The first kappa shape index (κ1) is 53.3. The Bertz CT molecular complexity index is 2160. The van der Waals surface area contributed by atoms with E-state index in [1.807, 2.05) is 0 Å². The maximum Gasteiger partial charge on any atom is 0.329 e. The first-order valence-corrected chi connectivity index (χ1v) is 22.6. The van der Waals surface area contributed by atoms with Gasteiger partial charge < -0.3 is 57.1 Å². The van der Waals surface area contributed by atoms with Gasteiger partial charge >= 0.3 is 5.97 Å². The Labute approximate surface area is 394 Å². The summed E-state index contributed by atoms with van der Waals surface area (Å²) in [6.45, 7) is 9.17. The Hall–Kier alpha value is -6.28. The second-order valence-electron chi connectivity index (χ2n) is 17.8. The number of nitrogens with two attached hydrogens (primary N) is 1. The van der Waals surface area contributed by atoms with Crippen molar-refractivity contribution < 1.29 is 58.1 Å². The molecule has 21 heteroatoms. The van der Waals surface area contributed by atoms with Crippen LogP contribution in [-0.2, 0) is 60.7 Å². The lowest BCUT2D eigenvalue weighted by atomic mass is 9.95. The van der Waals surface area contributed by atoms with Crippen LogP contribution in [0.5, 0.6) is 5.75 Å². The second kappa shape index (κ2) is 24.0. The molecule has 2 saturated heterocycles. The number of fused-ring (bicyclic) bond motifs is 2. The normalized spacial score (nSPS) is 25.2. The van der Waals surface area contributed by atoms with E-state index in [1.165, 1.54) is 32.2 Å². The average molecular weight is 956 g/mol. The molecular formula is C46H63ClN8O12. The lowest BCUT2D eigenvalue weighted by Crippen LogP contribution is -2.65. The number of carbonyl (C=O) groups excluding carboxylic acids is 9. The Morgan fingerprint density at radius 3 is 2.13 bits per heavy atom. The zero-order valence-electron chi connectivity index (χ0n) is 38.7. The zero-order valence-corrected chi connectivity index (χ0v) is 39.5. The number of phenols is 1. The summed E-state index contributed by atoms with van der Waals surface area (Å²) >= 11 is 6.26. The number of likely N-dealkylation sites (N-methyl/N-ethyl adjacent to an activating group) is 1. The highest BCUT2D eigenvalue weighted by atomic mass is 35.5. The number of hydrogen-bond donors (Lipinski definition) is 8. The molecule has 4 rings (SSSR count). The van der Waals surface area contributed by atoms with E-state index in [9.17, 15) is 48.6 Å². The monoisotopic (exact) mass is 954 g/mol. The van der Waals surface area contributed by atoms with Gasteiger partial charge in [0.25, 0.3) is 0 Å². The van der Waals surface area contributed by atoms with E-state index in [-0.39, 0.29) is 61.6 Å². The van der Waals surface area contributed by atoms with Crippen LogP contribution in [0.15, 0.2) is 48.5 Å². The lowest BCUT2D eigenvalue weighted by molar-refractivity contribution is -0.165. The molecule has 8 amide bonds. The van der Waals surface area contributed by atoms with Crippen LogP contribution in [0.3, 0.4) is 0 Å². The van der Waals surface area contributed by atoms with E-state index in [2.05, 4.69) is 26.6 Å². The van der Waals surface area contributed by atoms with E-state index >= 15 is 4.79 Å². The number of aliphatic hydroxyl groups is 1. The number of ether oxygens (including phenoxy) is 1. The molecule has 2 aliphatic rings. The van der Waals surface area contributed by atoms with Crippen molar-refractivity contribution in [1.82, 2.24) is 36.4 Å². The Balaban J connectivity index is 1.89. The van der Waals surface area contributed by atoms with Gasteiger partial charge in [-0.3, -0.25) is 38.4 Å². The third-order valence-electron chi connectivity index (χ3n) is 11.6. The fourth-order valence-corrected chi connectivity index (χ4v) is 8.20. The number of esters is 1. The predicted molar refractivity (Wildman–Crippen MR) is 243 cm³/mol. The fourth-order valence-electron chi connectivity index (χ4n) is 8.00. The van der Waals surface area contributed by atoms with Crippen LogP contribution in [0.1, 0.15) is 84.8 Å². The van der Waals surface area contributed by atoms with Crippen molar-refractivity contribution in [2.24, 2.45) is 17.6 Å². The summed E-state index contributed by atoms with van der Waals surface area (Å²) in [5, 5.41) is 34.6. The number of primary amides is 1. The molecule has 20 nitrogen and oxygen atoms in total. The van der Waals surface area contributed by atoms with Crippen molar-refractivity contribution in [3.63, 3.8) is 0 Å². The summed E-state index contributed by atoms with van der Waals surface area (Å²) < 4.78 is 5.82. The topological polar surface area (TPSA) is 296 Å². The van der Waals surface area contributed by atoms with Gasteiger partial charge in [0.05, 0.1) is 5.02 Å². The fraction of sp³-hybridized carbons (Fsp3) is 0.543. The number of carbonyl (C=O) groups is 9. The molecule has 2 heterocycles. The van der Waals surface area contributed by atoms with Gasteiger partial charge in [-0.2, -0.15) is 0 Å². The third-order valence-corrected chi connectivity index (χ3v) is 11.9. The number of hydrogen-bond acceptors (Lipinski definition) is 12. The summed E-state index contributed by atoms with van der Waals surface area (Å²) in [7, 11) is 1.33. The number of nitrogens with one attached hydrogen (secondary N) is 5. The number of phenolic OH excluding ortho intramolecular Hbond substituents is 1. The van der Waals surface area contributed by atoms with Gasteiger partial charge in [0.2, 0.25) is 47.3 Å². The summed E-state index contributed by atoms with van der Waals surface area (Å²) in [5.41, 5.74) is 6.30. The molecule has 2 aromatic rings. The van der Waals surface area contributed by atoms with E-state index < -0.39 is 114 Å². The maximum absolute atomic E-state index is 15.0. The van der Waals surface area contributed by atoms with Crippen LogP contribution in [0, 0.1) is 11.8 Å². The number of rotatable bonds is 13. The number of cyclic esters (lactones) is 1. The van der Waals surface area contributed by atoms with Crippen LogP contribution in [0.25, 0.3) is 0 Å². The number of nitrogens with zero attached hydrogens (tertiary/aromatic N) is 2. The zero-order chi connectivity index (χ0) is 49.9. The van der Waals surface area contributed by atoms with Crippen LogP contribution < -0.4 is 32.3 Å². The van der Waals surface area contributed by atoms with Crippen LogP contribution in [-0.4, -0.2) is 135 Å². The highest BCUT2D eigenvalue weighted by molar-refractivity contribution is 6.32. The Kier molecular flexibility index (Phi) is 19.1. The summed E-state index contributed by atoms with van der Waals surface area (Å²) in [5.74, 6) is -8.87. The van der Waals surface area contributed by atoms with E-state index in [0.717, 1.165) is 16.7 Å². The standard InChI is InChI=1S/C46H63ClN8O12/c1-23(2)19-32-41(61)50-31-15-18-37(59)55(44(31)64)34(21-27-11-9-8-10-12-27)45(65)54(7)33(22-28-13-16-35(57)29(47)20-28)42(62)52-38(24(3)4)46(66)67-25(5)39(43(63)51-32)53-40(60)30(49-26(6)56)14-17-36(48)58/h8-13,16,20,23-25,30-34,37-39,57,59H,14-15,17-19,21-22H2,1-7H3,(H2,48,58)(H,49,56)(H,50,61)(H,51,63)(H,52,62)(H,53,60)/t25-,30+,31+,32+,33?,34+,37-,38?,39?/m1/s1. The number of aliphatic hydroxyl groups excluding tert-OH is 1. The number of halogens is 1. The van der Waals surface area contributed by atoms with Gasteiger partial charge in [-0.05, 0) is 67.7 Å². The highest BCUT2D eigenvalue weighted by Crippen LogP contribution is 2.27. The van der Waals surface area contributed by atoms with Crippen molar-refractivity contribution >= 4 is 64.8 Å². The van der Waals surface area contributed by atoms with Crippen molar-refractivity contribution in [3.05, 3.63) is 64.7 Å². The molecule has 0 aromatic heterocycles. The molecule has 9 N–H and O–H groups in total. The first-order chi connectivity index (χ1) is 31.5. The van der Waals surface area contributed by atoms with Gasteiger partial charge in [0.15, 0.2) is 0 Å². The van der Waals surface area contributed by atoms with Crippen LogP contribution in [0.2, 0.25) is 5.02 Å². The molecule has 3 unspecified atom stereocenters. The molecule has 2 fully saturated rings. The molecule has 9 atom stereocenters. The summed E-state index contributed by atoms with van der Waals surface area (Å²) in [6, 6.07) is 2.74. The average Bonchev–Trinajstić information content (AvgIpc) is 3.25. The van der Waals surface area contributed by atoms with Crippen molar-refractivity contribution in [2.45, 2.75) is 141 Å². The Morgan fingerprint density at radius 2 is 1.54 bits per heavy atom. The molecule has 0 spiro atoms. The van der Waals surface area contributed by atoms with E-state index in [4.69, 9.17) is 22.1 Å². The minimum absolute atomic E-state index is 0.0157. The van der Waals surface area contributed by atoms with Gasteiger partial charge in [-0.15, -0.1) is 0 Å². The quantitative estimate of drug-likeness (QED) is 0.126. The van der Waals surface area contributed by atoms with E-state index in [1.54, 1.807) is 58.0 Å². The second-order valence-corrected chi connectivity index (χ2v) is 18.2. The molecule has 0 radical (unpaired) electrons. The molecule has 67 heavy (non-hydrogen) atoms. The number of aromatic hydroxyl groups is 1. The molecule has 2 bridgehead atoms. The van der Waals surface area contributed by atoms with Crippen LogP contribution >= 0.6 is 11.6 Å². The molecule has 366 valence electrons. The van der Waals surface area contributed by atoms with Gasteiger partial charge in [-0.25, -0.2) is 4.79 Å². The number of amides is 8. The highest BCUT2D eigenvalue weighted by Gasteiger charge is 2.46. The number of benzene rings is 2. The van der Waals surface area contributed by atoms with Gasteiger partial charge in [0.1, 0.15) is 60.4 Å². The SMILES string of the molecule is CC(=O)N[C@@H](CCC(N)=O)C(=O)NC1C(=O)N[C@@H](CC(C)C)C(=O)N[C@H]2CC[C@@H](O)N(C2=O)[C@@H](Cc2ccccc2)C(=O)N(C)C(Cc2ccc(O)c(Cl)c2)C(=O)NC(C(C)C)C(=O)O[C@@H]1C. The van der Waals surface area contributed by atoms with Crippen molar-refractivity contribution in [2.75, 3.05) is 7.05 Å². The van der Waals surface area contributed by atoms with Crippen LogP contribution in [0.4, 0.5) is 0 Å².